The molecule has 0 unspecified atom stereocenters. The summed E-state index contributed by atoms with van der Waals surface area (Å²) in [6.07, 6.45) is 3.23. The first-order chi connectivity index (χ1) is 8.35. The first-order valence-corrected chi connectivity index (χ1v) is 6.06. The second kappa shape index (κ2) is 4.10. The molecule has 84 valence electrons. The first kappa shape index (κ1) is 10.2. The molecule has 0 aliphatic carbocycles. The van der Waals surface area contributed by atoms with Gasteiger partial charge in [-0.15, -0.1) is 11.3 Å². The lowest BCUT2D eigenvalue weighted by molar-refractivity contribution is 0.112. The van der Waals surface area contributed by atoms with Gasteiger partial charge in [0.15, 0.2) is 17.8 Å². The van der Waals surface area contributed by atoms with Crippen LogP contribution in [0.15, 0.2) is 35.8 Å². The smallest absolute Gasteiger partial charge is 0.156 e. The summed E-state index contributed by atoms with van der Waals surface area (Å²) in [5.74, 6) is 0.774. The molecule has 0 fully saturated rings. The molecule has 0 radical (unpaired) electrons. The molecular formula is C12H9N3OS. The van der Waals surface area contributed by atoms with Crippen molar-refractivity contribution >= 4 is 23.3 Å². The Labute approximate surface area is 102 Å². The number of thiophene rings is 1. The molecule has 0 saturated heterocycles. The number of hydrogen-bond donors (Lipinski definition) is 0. The van der Waals surface area contributed by atoms with E-state index in [0.717, 1.165) is 24.2 Å². The van der Waals surface area contributed by atoms with Crippen molar-refractivity contribution < 1.29 is 4.79 Å². The lowest BCUT2D eigenvalue weighted by Crippen LogP contribution is -1.91. The Morgan fingerprint density at radius 3 is 3.06 bits per heavy atom. The van der Waals surface area contributed by atoms with E-state index in [1.54, 1.807) is 34.2 Å². The van der Waals surface area contributed by atoms with Crippen molar-refractivity contribution in [2.24, 2.45) is 0 Å². The molecule has 0 N–H and O–H groups in total. The summed E-state index contributed by atoms with van der Waals surface area (Å²) in [5.41, 5.74) is 1.37. The Kier molecular flexibility index (Phi) is 2.45. The van der Waals surface area contributed by atoms with Gasteiger partial charge in [0.25, 0.3) is 0 Å². The van der Waals surface area contributed by atoms with Gasteiger partial charge in [0.2, 0.25) is 0 Å². The van der Waals surface area contributed by atoms with E-state index in [4.69, 9.17) is 0 Å². The molecule has 3 heterocycles. The zero-order valence-electron chi connectivity index (χ0n) is 8.91. The second-order valence-electron chi connectivity index (χ2n) is 3.67. The Morgan fingerprint density at radius 2 is 2.29 bits per heavy atom. The predicted octanol–water partition coefficient (Wildman–Crippen LogP) is 2.19. The SMILES string of the molecule is O=Cc1ccc2nc(Cc3cccs3)nn2c1. The maximum atomic E-state index is 10.7. The number of fused-ring (bicyclic) bond motifs is 1. The van der Waals surface area contributed by atoms with Crippen molar-refractivity contribution in [3.05, 3.63) is 52.1 Å². The van der Waals surface area contributed by atoms with Gasteiger partial charge >= 0.3 is 0 Å². The minimum absolute atomic E-state index is 0.602. The monoisotopic (exact) mass is 243 g/mol. The highest BCUT2D eigenvalue weighted by atomic mass is 32.1. The summed E-state index contributed by atoms with van der Waals surface area (Å²) >= 11 is 1.69. The zero-order chi connectivity index (χ0) is 11.7. The van der Waals surface area contributed by atoms with Crippen LogP contribution in [0.5, 0.6) is 0 Å². The van der Waals surface area contributed by atoms with Crippen LogP contribution < -0.4 is 0 Å². The van der Waals surface area contributed by atoms with Crippen molar-refractivity contribution in [2.75, 3.05) is 0 Å². The molecule has 0 atom stereocenters. The average molecular weight is 243 g/mol. The average Bonchev–Trinajstić information content (AvgIpc) is 2.96. The number of aromatic nitrogens is 3. The fourth-order valence-electron chi connectivity index (χ4n) is 1.66. The molecule has 3 aromatic heterocycles. The van der Waals surface area contributed by atoms with Gasteiger partial charge in [-0.2, -0.15) is 5.10 Å². The van der Waals surface area contributed by atoms with E-state index in [9.17, 15) is 4.79 Å². The molecule has 3 rings (SSSR count). The van der Waals surface area contributed by atoms with Crippen LogP contribution in [0.3, 0.4) is 0 Å². The molecule has 0 saturated carbocycles. The van der Waals surface area contributed by atoms with E-state index in [-0.39, 0.29) is 0 Å². The van der Waals surface area contributed by atoms with Crippen molar-refractivity contribution in [1.29, 1.82) is 0 Å². The van der Waals surface area contributed by atoms with E-state index in [2.05, 4.69) is 16.1 Å². The van der Waals surface area contributed by atoms with Crippen LogP contribution in [0, 0.1) is 0 Å². The Bertz CT molecular complexity index is 658. The maximum Gasteiger partial charge on any atom is 0.156 e. The lowest BCUT2D eigenvalue weighted by atomic mass is 10.3. The molecule has 0 spiro atoms. The fourth-order valence-corrected chi connectivity index (χ4v) is 2.36. The number of rotatable bonds is 3. The molecule has 0 aliphatic rings. The zero-order valence-corrected chi connectivity index (χ0v) is 9.72. The third-order valence-corrected chi connectivity index (χ3v) is 3.32. The Morgan fingerprint density at radius 1 is 1.35 bits per heavy atom. The third kappa shape index (κ3) is 1.97. The quantitative estimate of drug-likeness (QED) is 0.662. The molecule has 5 heteroatoms. The molecule has 3 aromatic rings. The van der Waals surface area contributed by atoms with Gasteiger partial charge in [-0.1, -0.05) is 6.07 Å². The van der Waals surface area contributed by atoms with Crippen molar-refractivity contribution in [2.45, 2.75) is 6.42 Å². The number of hydrogen-bond acceptors (Lipinski definition) is 4. The highest BCUT2D eigenvalue weighted by Crippen LogP contribution is 2.13. The Hall–Kier alpha value is -2.01. The van der Waals surface area contributed by atoms with Crippen molar-refractivity contribution in [3.63, 3.8) is 0 Å². The summed E-state index contributed by atoms with van der Waals surface area (Å²) in [6.45, 7) is 0. The second-order valence-corrected chi connectivity index (χ2v) is 4.70. The van der Waals surface area contributed by atoms with E-state index in [1.165, 1.54) is 4.88 Å². The number of pyridine rings is 1. The van der Waals surface area contributed by atoms with E-state index >= 15 is 0 Å². The summed E-state index contributed by atoms with van der Waals surface area (Å²) < 4.78 is 1.65. The lowest BCUT2D eigenvalue weighted by Gasteiger charge is -1.91. The Balaban J connectivity index is 1.98. The van der Waals surface area contributed by atoms with Gasteiger partial charge in [0, 0.05) is 23.1 Å². The number of carbonyl (C=O) groups is 1. The fraction of sp³-hybridized carbons (Fsp3) is 0.0833. The molecule has 0 aliphatic heterocycles. The topological polar surface area (TPSA) is 47.3 Å². The van der Waals surface area contributed by atoms with Gasteiger partial charge in [0.1, 0.15) is 0 Å². The summed E-state index contributed by atoms with van der Waals surface area (Å²) in [6, 6.07) is 7.62. The van der Waals surface area contributed by atoms with Crippen LogP contribution in [0.1, 0.15) is 21.1 Å². The normalized spacial score (nSPS) is 10.8. The van der Waals surface area contributed by atoms with Crippen LogP contribution in [0.2, 0.25) is 0 Å². The van der Waals surface area contributed by atoms with Gasteiger partial charge in [-0.05, 0) is 23.6 Å². The third-order valence-electron chi connectivity index (χ3n) is 2.45. The van der Waals surface area contributed by atoms with Gasteiger partial charge in [0.05, 0.1) is 0 Å². The van der Waals surface area contributed by atoms with Crippen LogP contribution in [-0.4, -0.2) is 20.9 Å². The minimum atomic E-state index is 0.602. The van der Waals surface area contributed by atoms with Gasteiger partial charge < -0.3 is 0 Å². The molecule has 4 nitrogen and oxygen atoms in total. The first-order valence-electron chi connectivity index (χ1n) is 5.18. The van der Waals surface area contributed by atoms with E-state index in [1.807, 2.05) is 11.4 Å². The molecule has 0 amide bonds. The van der Waals surface area contributed by atoms with Crippen LogP contribution in [-0.2, 0) is 6.42 Å². The molecule has 0 aromatic carbocycles. The largest absolute Gasteiger partial charge is 0.298 e. The van der Waals surface area contributed by atoms with Crippen LogP contribution in [0.25, 0.3) is 5.65 Å². The maximum absolute atomic E-state index is 10.7. The molecule has 0 bridgehead atoms. The van der Waals surface area contributed by atoms with Crippen molar-refractivity contribution in [1.82, 2.24) is 14.6 Å². The summed E-state index contributed by atoms with van der Waals surface area (Å²) in [4.78, 5) is 16.3. The highest BCUT2D eigenvalue weighted by Gasteiger charge is 2.05. The van der Waals surface area contributed by atoms with Crippen LogP contribution in [0.4, 0.5) is 0 Å². The minimum Gasteiger partial charge on any atom is -0.298 e. The highest BCUT2D eigenvalue weighted by molar-refractivity contribution is 7.09. The van der Waals surface area contributed by atoms with Crippen LogP contribution >= 0.6 is 11.3 Å². The van der Waals surface area contributed by atoms with Gasteiger partial charge in [-0.25, -0.2) is 9.50 Å². The predicted molar refractivity (Wildman–Crippen MR) is 65.5 cm³/mol. The number of carbonyl (C=O) groups excluding carboxylic acids is 1. The summed E-state index contributed by atoms with van der Waals surface area (Å²) in [7, 11) is 0. The van der Waals surface area contributed by atoms with Gasteiger partial charge in [-0.3, -0.25) is 4.79 Å². The number of aldehydes is 1. The van der Waals surface area contributed by atoms with E-state index in [0.29, 0.717) is 5.56 Å². The summed E-state index contributed by atoms with van der Waals surface area (Å²) in [5, 5.41) is 6.39. The van der Waals surface area contributed by atoms with Crippen molar-refractivity contribution in [3.8, 4) is 0 Å². The number of nitrogens with zero attached hydrogens (tertiary/aromatic N) is 3. The molecule has 17 heavy (non-hydrogen) atoms. The molecular weight excluding hydrogens is 234 g/mol. The van der Waals surface area contributed by atoms with E-state index < -0.39 is 0 Å². The standard InChI is InChI=1S/C12H9N3OS/c16-8-9-3-4-12-13-11(14-15(12)7-9)6-10-2-1-5-17-10/h1-5,7-8H,6H2.